The zero-order chi connectivity index (χ0) is 16.9. The molecule has 8 heteroatoms. The predicted molar refractivity (Wildman–Crippen MR) is 85.3 cm³/mol. The zero-order valence-electron chi connectivity index (χ0n) is 13.1. The van der Waals surface area contributed by atoms with Gasteiger partial charge in [0.25, 0.3) is 0 Å². The normalized spacial score (nSPS) is 18.7. The first-order valence-electron chi connectivity index (χ1n) is 7.58. The molecule has 1 saturated heterocycles. The van der Waals surface area contributed by atoms with Crippen molar-refractivity contribution in [3.63, 3.8) is 0 Å². The first kappa shape index (κ1) is 18.1. The molecule has 130 valence electrons. The summed E-state index contributed by atoms with van der Waals surface area (Å²) in [5, 5.41) is 10.0. The number of hydrogen-bond acceptors (Lipinski definition) is 5. The third-order valence-electron chi connectivity index (χ3n) is 3.69. The van der Waals surface area contributed by atoms with Crippen molar-refractivity contribution in [2.24, 2.45) is 0 Å². The second-order valence-corrected chi connectivity index (χ2v) is 7.66. The van der Waals surface area contributed by atoms with E-state index in [0.717, 1.165) is 32.2 Å². The van der Waals surface area contributed by atoms with Crippen molar-refractivity contribution in [3.8, 4) is 5.75 Å². The van der Waals surface area contributed by atoms with Crippen LogP contribution >= 0.6 is 0 Å². The number of aliphatic hydroxyl groups excluding tert-OH is 1. The maximum atomic E-state index is 12.8. The number of rotatable bonds is 7. The van der Waals surface area contributed by atoms with E-state index in [0.29, 0.717) is 12.3 Å². The van der Waals surface area contributed by atoms with Crippen LogP contribution in [0.1, 0.15) is 12.8 Å². The number of nitrogens with one attached hydrogen (secondary N) is 1. The van der Waals surface area contributed by atoms with Gasteiger partial charge in [-0.1, -0.05) is 0 Å². The van der Waals surface area contributed by atoms with E-state index in [1.165, 1.54) is 24.3 Å². The molecule has 0 bridgehead atoms. The van der Waals surface area contributed by atoms with E-state index in [9.17, 15) is 17.9 Å². The van der Waals surface area contributed by atoms with E-state index in [2.05, 4.69) is 9.62 Å². The Labute approximate surface area is 136 Å². The molecule has 1 unspecified atom stereocenters. The fourth-order valence-electron chi connectivity index (χ4n) is 2.61. The molecule has 1 heterocycles. The summed E-state index contributed by atoms with van der Waals surface area (Å²) in [6, 6.07) is 5.62. The van der Waals surface area contributed by atoms with Gasteiger partial charge in [0.1, 0.15) is 24.3 Å². The molecular weight excluding hydrogens is 323 g/mol. The number of hydrogen-bond donors (Lipinski definition) is 2. The van der Waals surface area contributed by atoms with E-state index >= 15 is 0 Å². The Balaban J connectivity index is 1.68. The van der Waals surface area contributed by atoms with Gasteiger partial charge in [0.05, 0.1) is 6.26 Å². The van der Waals surface area contributed by atoms with E-state index in [-0.39, 0.29) is 18.5 Å². The van der Waals surface area contributed by atoms with Gasteiger partial charge in [-0.25, -0.2) is 17.5 Å². The molecule has 1 aromatic rings. The van der Waals surface area contributed by atoms with Crippen LogP contribution in [0.25, 0.3) is 0 Å². The molecule has 0 saturated carbocycles. The van der Waals surface area contributed by atoms with Gasteiger partial charge in [0.15, 0.2) is 0 Å². The van der Waals surface area contributed by atoms with Crippen molar-refractivity contribution >= 4 is 10.0 Å². The lowest BCUT2D eigenvalue weighted by Gasteiger charge is -2.33. The van der Waals surface area contributed by atoms with E-state index in [4.69, 9.17) is 4.74 Å². The molecule has 2 N–H and O–H groups in total. The summed E-state index contributed by atoms with van der Waals surface area (Å²) in [5.41, 5.74) is 0. The number of aliphatic hydroxyl groups is 1. The standard InChI is InChI=1S/C15H23FN2O4S/c1-23(20,21)17-13-6-8-18(9-7-13)10-14(19)11-22-15-4-2-12(16)3-5-15/h2-5,13-14,17,19H,6-11H2,1H3. The van der Waals surface area contributed by atoms with Gasteiger partial charge < -0.3 is 14.7 Å². The highest BCUT2D eigenvalue weighted by Crippen LogP contribution is 2.13. The quantitative estimate of drug-likeness (QED) is 0.755. The summed E-state index contributed by atoms with van der Waals surface area (Å²) in [5.74, 6) is 0.185. The van der Waals surface area contributed by atoms with Crippen LogP contribution in [-0.4, -0.2) is 63.1 Å². The molecule has 1 aliphatic heterocycles. The first-order valence-corrected chi connectivity index (χ1v) is 9.47. The van der Waals surface area contributed by atoms with Gasteiger partial charge in [-0.15, -0.1) is 0 Å². The highest BCUT2D eigenvalue weighted by molar-refractivity contribution is 7.88. The molecule has 0 radical (unpaired) electrons. The fraction of sp³-hybridized carbons (Fsp3) is 0.600. The lowest BCUT2D eigenvalue weighted by atomic mass is 10.1. The summed E-state index contributed by atoms with van der Waals surface area (Å²) >= 11 is 0. The Morgan fingerprint density at radius 3 is 2.52 bits per heavy atom. The van der Waals surface area contributed by atoms with Crippen molar-refractivity contribution in [3.05, 3.63) is 30.1 Å². The zero-order valence-corrected chi connectivity index (χ0v) is 13.9. The molecule has 1 aromatic carbocycles. The lowest BCUT2D eigenvalue weighted by Crippen LogP contribution is -2.46. The minimum Gasteiger partial charge on any atom is -0.491 e. The minimum absolute atomic E-state index is 0.0335. The number of piperidine rings is 1. The van der Waals surface area contributed by atoms with Crippen LogP contribution in [0.3, 0.4) is 0 Å². The van der Waals surface area contributed by atoms with Crippen molar-refractivity contribution in [2.45, 2.75) is 25.0 Å². The molecule has 1 aliphatic rings. The SMILES string of the molecule is CS(=O)(=O)NC1CCN(CC(O)COc2ccc(F)cc2)CC1. The second-order valence-electron chi connectivity index (χ2n) is 5.88. The van der Waals surface area contributed by atoms with Gasteiger partial charge in [-0.3, -0.25) is 0 Å². The number of likely N-dealkylation sites (tertiary alicyclic amines) is 1. The number of halogens is 1. The molecule has 2 rings (SSSR count). The van der Waals surface area contributed by atoms with Crippen molar-refractivity contribution in [1.82, 2.24) is 9.62 Å². The van der Waals surface area contributed by atoms with Crippen molar-refractivity contribution in [2.75, 3.05) is 32.5 Å². The van der Waals surface area contributed by atoms with Crippen LogP contribution in [0.5, 0.6) is 5.75 Å². The summed E-state index contributed by atoms with van der Waals surface area (Å²) in [6.07, 6.45) is 1.95. The number of sulfonamides is 1. The first-order chi connectivity index (χ1) is 10.8. The summed E-state index contributed by atoms with van der Waals surface area (Å²) in [4.78, 5) is 2.08. The smallest absolute Gasteiger partial charge is 0.208 e. The monoisotopic (exact) mass is 346 g/mol. The van der Waals surface area contributed by atoms with Crippen LogP contribution < -0.4 is 9.46 Å². The summed E-state index contributed by atoms with van der Waals surface area (Å²) in [6.45, 7) is 2.04. The van der Waals surface area contributed by atoms with E-state index < -0.39 is 16.1 Å². The molecule has 1 fully saturated rings. The number of benzene rings is 1. The topological polar surface area (TPSA) is 78.9 Å². The van der Waals surface area contributed by atoms with Crippen LogP contribution in [0, 0.1) is 5.82 Å². The van der Waals surface area contributed by atoms with Gasteiger partial charge in [-0.05, 0) is 50.2 Å². The average Bonchev–Trinajstić information content (AvgIpc) is 2.47. The van der Waals surface area contributed by atoms with Gasteiger partial charge in [-0.2, -0.15) is 0 Å². The molecule has 0 aliphatic carbocycles. The van der Waals surface area contributed by atoms with Gasteiger partial charge >= 0.3 is 0 Å². The number of ether oxygens (including phenoxy) is 1. The van der Waals surface area contributed by atoms with Crippen LogP contribution in [0.4, 0.5) is 4.39 Å². The molecular formula is C15H23FN2O4S. The Morgan fingerprint density at radius 2 is 1.96 bits per heavy atom. The van der Waals surface area contributed by atoms with Gasteiger partial charge in [0, 0.05) is 12.6 Å². The minimum atomic E-state index is -3.17. The highest BCUT2D eigenvalue weighted by Gasteiger charge is 2.23. The van der Waals surface area contributed by atoms with Gasteiger partial charge in [0.2, 0.25) is 10.0 Å². The molecule has 1 atom stereocenters. The Morgan fingerprint density at radius 1 is 1.35 bits per heavy atom. The van der Waals surface area contributed by atoms with Crippen molar-refractivity contribution < 1.29 is 22.7 Å². The van der Waals surface area contributed by atoms with Crippen LogP contribution in [-0.2, 0) is 10.0 Å². The third kappa shape index (κ3) is 6.82. The Kier molecular flexibility index (Phi) is 6.34. The Bertz CT molecular complexity index is 586. The average molecular weight is 346 g/mol. The third-order valence-corrected chi connectivity index (χ3v) is 4.45. The van der Waals surface area contributed by atoms with Crippen molar-refractivity contribution in [1.29, 1.82) is 0 Å². The second kappa shape index (κ2) is 8.05. The molecule has 0 aromatic heterocycles. The highest BCUT2D eigenvalue weighted by atomic mass is 32.2. The molecule has 23 heavy (non-hydrogen) atoms. The maximum absolute atomic E-state index is 12.8. The number of β-amino-alcohol motifs (C(OH)–C–C–N with tert-alkyl or cyclic N) is 1. The number of nitrogens with zero attached hydrogens (tertiary/aromatic N) is 1. The molecule has 6 nitrogen and oxygen atoms in total. The predicted octanol–water partition coefficient (Wildman–Crippen LogP) is 0.579. The molecule has 0 amide bonds. The molecule has 0 spiro atoms. The lowest BCUT2D eigenvalue weighted by molar-refractivity contribution is 0.0590. The summed E-state index contributed by atoms with van der Waals surface area (Å²) < 4.78 is 43.2. The van der Waals surface area contributed by atoms with Crippen LogP contribution in [0.15, 0.2) is 24.3 Å². The van der Waals surface area contributed by atoms with E-state index in [1.54, 1.807) is 0 Å². The fourth-order valence-corrected chi connectivity index (χ4v) is 3.45. The largest absolute Gasteiger partial charge is 0.491 e. The van der Waals surface area contributed by atoms with Crippen LogP contribution in [0.2, 0.25) is 0 Å². The maximum Gasteiger partial charge on any atom is 0.208 e. The van der Waals surface area contributed by atoms with E-state index in [1.807, 2.05) is 0 Å². The Hall–Kier alpha value is -1.22. The summed E-state index contributed by atoms with van der Waals surface area (Å²) in [7, 11) is -3.17.